The number of fused-ring (bicyclic) bond motifs is 1. The molecule has 0 aromatic heterocycles. The Hall–Kier alpha value is -3.33. The van der Waals surface area contributed by atoms with Gasteiger partial charge >= 0.3 is 6.03 Å². The maximum atomic E-state index is 12.1. The predicted octanol–water partition coefficient (Wildman–Crippen LogP) is 3.14. The molecule has 0 fully saturated rings. The van der Waals surface area contributed by atoms with Crippen LogP contribution < -0.4 is 16.2 Å². The fourth-order valence-corrected chi connectivity index (χ4v) is 3.22. The van der Waals surface area contributed by atoms with E-state index in [-0.39, 0.29) is 6.04 Å². The highest BCUT2D eigenvalue weighted by Crippen LogP contribution is 2.24. The van der Waals surface area contributed by atoms with Gasteiger partial charge in [0.1, 0.15) is 0 Å². The molecule has 3 rings (SSSR count). The second kappa shape index (κ2) is 8.37. The Kier molecular flexibility index (Phi) is 5.72. The van der Waals surface area contributed by atoms with Crippen molar-refractivity contribution in [2.45, 2.75) is 38.6 Å². The van der Waals surface area contributed by atoms with E-state index in [4.69, 9.17) is 5.26 Å². The first kappa shape index (κ1) is 18.5. The van der Waals surface area contributed by atoms with Crippen molar-refractivity contribution in [3.05, 3.63) is 70.3 Å². The number of hydrazine groups is 1. The van der Waals surface area contributed by atoms with Crippen LogP contribution in [0.25, 0.3) is 0 Å². The highest BCUT2D eigenvalue weighted by molar-refractivity contribution is 5.95. The number of hydrogen-bond donors (Lipinski definition) is 3. The number of hydrogen-bond acceptors (Lipinski definition) is 3. The van der Waals surface area contributed by atoms with Crippen molar-refractivity contribution in [3.8, 4) is 6.07 Å². The van der Waals surface area contributed by atoms with E-state index in [2.05, 4.69) is 28.3 Å². The molecule has 3 amide bonds. The fraction of sp³-hybridized carbons (Fsp3) is 0.286. The minimum atomic E-state index is -0.484. The molecule has 6 nitrogen and oxygen atoms in total. The van der Waals surface area contributed by atoms with E-state index in [0.717, 1.165) is 18.4 Å². The topological polar surface area (TPSA) is 94.0 Å². The summed E-state index contributed by atoms with van der Waals surface area (Å²) in [6, 6.07) is 13.8. The van der Waals surface area contributed by atoms with Gasteiger partial charge in [0, 0.05) is 5.56 Å². The van der Waals surface area contributed by atoms with Crippen molar-refractivity contribution in [3.63, 3.8) is 0 Å². The molecule has 0 saturated heterocycles. The summed E-state index contributed by atoms with van der Waals surface area (Å²) in [6.45, 7) is 1.91. The Bertz CT molecular complexity index is 884. The van der Waals surface area contributed by atoms with Crippen molar-refractivity contribution < 1.29 is 9.59 Å². The average molecular weight is 362 g/mol. The van der Waals surface area contributed by atoms with E-state index in [1.54, 1.807) is 12.1 Å². The first-order chi connectivity index (χ1) is 13.1. The number of carbonyl (C=O) groups is 2. The third kappa shape index (κ3) is 4.64. The lowest BCUT2D eigenvalue weighted by molar-refractivity contribution is 0.0936. The highest BCUT2D eigenvalue weighted by Gasteiger charge is 2.14. The van der Waals surface area contributed by atoms with Gasteiger partial charge in [0.15, 0.2) is 0 Å². The largest absolute Gasteiger partial charge is 0.333 e. The van der Waals surface area contributed by atoms with Gasteiger partial charge in [0.2, 0.25) is 0 Å². The molecule has 1 unspecified atom stereocenters. The summed E-state index contributed by atoms with van der Waals surface area (Å²) >= 11 is 0. The molecule has 0 aliphatic heterocycles. The Balaban J connectivity index is 1.52. The van der Waals surface area contributed by atoms with Crippen LogP contribution in [0.4, 0.5) is 4.79 Å². The van der Waals surface area contributed by atoms with Gasteiger partial charge in [0.05, 0.1) is 17.7 Å². The van der Waals surface area contributed by atoms with Crippen LogP contribution in [-0.2, 0) is 12.8 Å². The molecule has 138 valence electrons. The van der Waals surface area contributed by atoms with Crippen LogP contribution in [0.3, 0.4) is 0 Å². The average Bonchev–Trinajstić information content (AvgIpc) is 2.71. The van der Waals surface area contributed by atoms with Crippen molar-refractivity contribution in [1.82, 2.24) is 16.2 Å². The van der Waals surface area contributed by atoms with Crippen LogP contribution in [-0.4, -0.2) is 11.9 Å². The Labute approximate surface area is 158 Å². The molecule has 6 heteroatoms. The zero-order valence-corrected chi connectivity index (χ0v) is 15.2. The Morgan fingerprint density at radius 1 is 1.00 bits per heavy atom. The minimum absolute atomic E-state index is 0.177. The summed E-state index contributed by atoms with van der Waals surface area (Å²) < 4.78 is 0. The molecule has 2 aromatic carbocycles. The van der Waals surface area contributed by atoms with Gasteiger partial charge in [-0.25, -0.2) is 10.2 Å². The van der Waals surface area contributed by atoms with Crippen LogP contribution in [0.1, 0.15) is 58.4 Å². The van der Waals surface area contributed by atoms with Crippen molar-refractivity contribution in [2.24, 2.45) is 0 Å². The Morgan fingerprint density at radius 3 is 2.41 bits per heavy atom. The smallest absolute Gasteiger partial charge is 0.330 e. The zero-order chi connectivity index (χ0) is 19.2. The summed E-state index contributed by atoms with van der Waals surface area (Å²) in [4.78, 5) is 24.1. The standard InChI is InChI=1S/C21H22N4O2/c1-14(18-11-10-16-4-2-3-5-19(16)12-18)23-21(27)25-24-20(26)17-8-6-15(13-22)7-9-17/h6-12,14H,2-5H2,1H3,(H,24,26)(H2,23,25,27). The van der Waals surface area contributed by atoms with Crippen LogP contribution in [0.15, 0.2) is 42.5 Å². The van der Waals surface area contributed by atoms with E-state index >= 15 is 0 Å². The third-order valence-electron chi connectivity index (χ3n) is 4.79. The van der Waals surface area contributed by atoms with Crippen molar-refractivity contribution >= 4 is 11.9 Å². The number of carbonyl (C=O) groups excluding carboxylic acids is 2. The Morgan fingerprint density at radius 2 is 1.70 bits per heavy atom. The van der Waals surface area contributed by atoms with Gasteiger partial charge in [-0.15, -0.1) is 0 Å². The number of urea groups is 1. The summed E-state index contributed by atoms with van der Waals surface area (Å²) in [5, 5.41) is 11.6. The monoisotopic (exact) mass is 362 g/mol. The molecule has 1 aliphatic carbocycles. The quantitative estimate of drug-likeness (QED) is 0.732. The number of benzene rings is 2. The van der Waals surface area contributed by atoms with E-state index in [9.17, 15) is 9.59 Å². The minimum Gasteiger partial charge on any atom is -0.330 e. The maximum Gasteiger partial charge on any atom is 0.333 e. The van der Waals surface area contributed by atoms with Gasteiger partial charge in [-0.3, -0.25) is 10.2 Å². The third-order valence-corrected chi connectivity index (χ3v) is 4.79. The lowest BCUT2D eigenvalue weighted by Gasteiger charge is -2.20. The van der Waals surface area contributed by atoms with Crippen LogP contribution in [0.2, 0.25) is 0 Å². The molecule has 0 radical (unpaired) electrons. The SMILES string of the molecule is CC(NC(=O)NNC(=O)c1ccc(C#N)cc1)c1ccc2c(c1)CCCC2. The summed E-state index contributed by atoms with van der Waals surface area (Å²) in [5.74, 6) is -0.448. The zero-order valence-electron chi connectivity index (χ0n) is 15.2. The number of nitrogens with one attached hydrogen (secondary N) is 3. The first-order valence-electron chi connectivity index (χ1n) is 9.05. The van der Waals surface area contributed by atoms with Gasteiger partial charge in [-0.05, 0) is 73.6 Å². The normalized spacial score (nSPS) is 13.6. The summed E-state index contributed by atoms with van der Waals surface area (Å²) in [7, 11) is 0. The van der Waals surface area contributed by atoms with E-state index < -0.39 is 11.9 Å². The molecule has 1 atom stereocenters. The molecule has 3 N–H and O–H groups in total. The van der Waals surface area contributed by atoms with E-state index in [1.165, 1.54) is 36.1 Å². The molecule has 2 aromatic rings. The number of nitriles is 1. The van der Waals surface area contributed by atoms with Gasteiger partial charge in [0.25, 0.3) is 5.91 Å². The number of nitrogens with zero attached hydrogens (tertiary/aromatic N) is 1. The van der Waals surface area contributed by atoms with E-state index in [1.807, 2.05) is 19.1 Å². The van der Waals surface area contributed by atoms with Gasteiger partial charge in [-0.2, -0.15) is 5.26 Å². The molecular weight excluding hydrogens is 340 g/mol. The fourth-order valence-electron chi connectivity index (χ4n) is 3.22. The van der Waals surface area contributed by atoms with Gasteiger partial charge in [-0.1, -0.05) is 18.2 Å². The second-order valence-electron chi connectivity index (χ2n) is 6.70. The highest BCUT2D eigenvalue weighted by atomic mass is 16.2. The number of aryl methyl sites for hydroxylation is 2. The molecular formula is C21H22N4O2. The molecule has 0 saturated carbocycles. The molecule has 0 heterocycles. The van der Waals surface area contributed by atoms with Crippen molar-refractivity contribution in [2.75, 3.05) is 0 Å². The summed E-state index contributed by atoms with van der Waals surface area (Å²) in [5.41, 5.74) is 9.35. The molecule has 27 heavy (non-hydrogen) atoms. The van der Waals surface area contributed by atoms with Crippen LogP contribution >= 0.6 is 0 Å². The van der Waals surface area contributed by atoms with Gasteiger partial charge < -0.3 is 5.32 Å². The lowest BCUT2D eigenvalue weighted by Crippen LogP contribution is -2.47. The second-order valence-corrected chi connectivity index (χ2v) is 6.70. The summed E-state index contributed by atoms with van der Waals surface area (Å²) in [6.07, 6.45) is 4.66. The van der Waals surface area contributed by atoms with E-state index in [0.29, 0.717) is 11.1 Å². The molecule has 0 bridgehead atoms. The van der Waals surface area contributed by atoms with Crippen LogP contribution in [0.5, 0.6) is 0 Å². The lowest BCUT2D eigenvalue weighted by atomic mass is 9.89. The molecule has 0 spiro atoms. The number of amides is 3. The van der Waals surface area contributed by atoms with Crippen LogP contribution in [0, 0.1) is 11.3 Å². The predicted molar refractivity (Wildman–Crippen MR) is 102 cm³/mol. The molecule has 1 aliphatic rings. The number of rotatable bonds is 3. The first-order valence-corrected chi connectivity index (χ1v) is 9.05. The maximum absolute atomic E-state index is 12.1. The van der Waals surface area contributed by atoms with Crippen molar-refractivity contribution in [1.29, 1.82) is 5.26 Å².